The highest BCUT2D eigenvalue weighted by molar-refractivity contribution is 8.00. The number of thiazole rings is 1. The molecule has 4 rings (SSSR count). The predicted molar refractivity (Wildman–Crippen MR) is 134 cm³/mol. The third-order valence-electron chi connectivity index (χ3n) is 5.46. The van der Waals surface area contributed by atoms with Gasteiger partial charge >= 0.3 is 5.97 Å². The highest BCUT2D eigenvalue weighted by Gasteiger charge is 2.54. The molecule has 2 aromatic rings. The number of amides is 3. The molecular weight excluding hydrogens is 522 g/mol. The van der Waals surface area contributed by atoms with E-state index in [1.165, 1.54) is 29.2 Å². The number of nitrogen functional groups attached to an aromatic ring is 1. The molecule has 192 valence electrons. The molecule has 1 fully saturated rings. The number of nitrogens with one attached hydrogen (secondary N) is 1. The number of fused-ring (bicyclic) bond motifs is 1. The van der Waals surface area contributed by atoms with E-state index >= 15 is 0 Å². The fraction of sp³-hybridized carbons (Fsp3) is 0.227. The molecule has 0 radical (unpaired) electrons. The maximum atomic E-state index is 12.9. The normalized spacial score (nSPS) is 19.4. The Bertz CT molecular complexity index is 1350. The number of anilines is 1. The van der Waals surface area contributed by atoms with Crippen LogP contribution in [0.2, 0.25) is 0 Å². The van der Waals surface area contributed by atoms with E-state index in [0.29, 0.717) is 23.4 Å². The molecule has 2 aliphatic heterocycles. The number of carboxylic acids is 1. The number of nitrogens with two attached hydrogens (primary N) is 2. The van der Waals surface area contributed by atoms with Gasteiger partial charge in [0.2, 0.25) is 5.91 Å². The first-order chi connectivity index (χ1) is 17.7. The highest BCUT2D eigenvalue weighted by Crippen LogP contribution is 2.40. The summed E-state index contributed by atoms with van der Waals surface area (Å²) in [5.41, 5.74) is 11.6. The van der Waals surface area contributed by atoms with Crippen molar-refractivity contribution in [3.05, 3.63) is 64.6 Å². The van der Waals surface area contributed by atoms with Crippen LogP contribution in [0.25, 0.3) is 0 Å². The summed E-state index contributed by atoms with van der Waals surface area (Å²) >= 11 is 2.44. The average Bonchev–Trinajstić information content (AvgIpc) is 3.31. The summed E-state index contributed by atoms with van der Waals surface area (Å²) in [6.07, 6.45) is 6.75. The van der Waals surface area contributed by atoms with Crippen LogP contribution in [-0.4, -0.2) is 68.7 Å². The Morgan fingerprint density at radius 3 is 2.70 bits per heavy atom. The highest BCUT2D eigenvalue weighted by atomic mass is 32.2. The van der Waals surface area contributed by atoms with E-state index in [1.54, 1.807) is 41.2 Å². The Hall–Kier alpha value is -4.24. The molecule has 2 aromatic heterocycles. The summed E-state index contributed by atoms with van der Waals surface area (Å²) < 4.78 is 1.78. The van der Waals surface area contributed by atoms with E-state index in [-0.39, 0.29) is 22.2 Å². The summed E-state index contributed by atoms with van der Waals surface area (Å²) in [7, 11) is 1.27. The van der Waals surface area contributed by atoms with Crippen LogP contribution in [-0.2, 0) is 25.8 Å². The molecule has 13 nitrogen and oxygen atoms in total. The van der Waals surface area contributed by atoms with Crippen molar-refractivity contribution in [2.45, 2.75) is 18.0 Å². The number of carbonyl (C=O) groups excluding carboxylic acids is 3. The topological polar surface area (TPSA) is 194 Å². The van der Waals surface area contributed by atoms with Gasteiger partial charge in [0.05, 0.1) is 5.56 Å². The lowest BCUT2D eigenvalue weighted by Gasteiger charge is -2.49. The quantitative estimate of drug-likeness (QED) is 0.139. The van der Waals surface area contributed by atoms with Gasteiger partial charge in [-0.1, -0.05) is 11.2 Å². The van der Waals surface area contributed by atoms with Crippen LogP contribution >= 0.6 is 23.1 Å². The first-order valence-electron chi connectivity index (χ1n) is 10.7. The molecule has 2 aliphatic rings. The second-order valence-corrected chi connectivity index (χ2v) is 9.78. The SMILES string of the molecule is CO/N=C(\C(=O)NC1C(=O)N2C(C(=O)O)=C(/C=C/C[n+]3ccc(C(N)=O)cc3)CS[C@@H]12)c1csc(N)n1. The van der Waals surface area contributed by atoms with Crippen LogP contribution in [0.5, 0.6) is 0 Å². The lowest BCUT2D eigenvalue weighted by molar-refractivity contribution is -0.687. The summed E-state index contributed by atoms with van der Waals surface area (Å²) in [6, 6.07) is 2.21. The number of hydrogen-bond acceptors (Lipinski definition) is 10. The largest absolute Gasteiger partial charge is 0.477 e. The van der Waals surface area contributed by atoms with Crippen molar-refractivity contribution in [2.75, 3.05) is 18.6 Å². The van der Waals surface area contributed by atoms with Crippen LogP contribution in [0.15, 0.2) is 58.5 Å². The minimum atomic E-state index is -1.25. The van der Waals surface area contributed by atoms with Gasteiger partial charge in [-0.25, -0.2) is 14.3 Å². The Morgan fingerprint density at radius 2 is 2.11 bits per heavy atom. The number of primary amides is 1. The number of nitrogens with zero attached hydrogens (tertiary/aromatic N) is 4. The van der Waals surface area contributed by atoms with Gasteiger partial charge in [-0.3, -0.25) is 19.3 Å². The average molecular weight is 545 g/mol. The molecule has 4 heterocycles. The van der Waals surface area contributed by atoms with Crippen LogP contribution in [0.1, 0.15) is 16.1 Å². The van der Waals surface area contributed by atoms with Gasteiger partial charge in [0, 0.05) is 23.3 Å². The Balaban J connectivity index is 1.47. The third-order valence-corrected chi connectivity index (χ3v) is 7.44. The maximum absolute atomic E-state index is 12.9. The predicted octanol–water partition coefficient (Wildman–Crippen LogP) is -0.543. The van der Waals surface area contributed by atoms with E-state index in [0.717, 1.165) is 11.3 Å². The number of allylic oxidation sites excluding steroid dienone is 2. The van der Waals surface area contributed by atoms with Crippen molar-refractivity contribution < 1.29 is 33.7 Å². The molecule has 0 aromatic carbocycles. The summed E-state index contributed by atoms with van der Waals surface area (Å²) in [4.78, 5) is 58.9. The molecule has 3 amide bonds. The van der Waals surface area contributed by atoms with Gasteiger partial charge < -0.3 is 26.7 Å². The van der Waals surface area contributed by atoms with E-state index < -0.39 is 35.1 Å². The molecule has 0 aliphatic carbocycles. The van der Waals surface area contributed by atoms with Crippen molar-refractivity contribution >= 4 is 57.6 Å². The monoisotopic (exact) mass is 544 g/mol. The molecule has 0 bridgehead atoms. The smallest absolute Gasteiger partial charge is 0.352 e. The van der Waals surface area contributed by atoms with Crippen molar-refractivity contribution in [1.29, 1.82) is 0 Å². The molecule has 6 N–H and O–H groups in total. The van der Waals surface area contributed by atoms with Gasteiger partial charge in [0.15, 0.2) is 29.8 Å². The summed E-state index contributed by atoms with van der Waals surface area (Å²) in [5, 5.41) is 17.3. The fourth-order valence-electron chi connectivity index (χ4n) is 3.73. The number of rotatable bonds is 9. The number of thioether (sulfide) groups is 1. The minimum absolute atomic E-state index is 0.136. The number of hydrogen-bond donors (Lipinski definition) is 4. The van der Waals surface area contributed by atoms with Crippen molar-refractivity contribution in [3.63, 3.8) is 0 Å². The molecule has 2 atom stereocenters. The number of aromatic nitrogens is 2. The third kappa shape index (κ3) is 5.31. The van der Waals surface area contributed by atoms with Crippen LogP contribution in [0.4, 0.5) is 5.13 Å². The molecule has 0 saturated carbocycles. The first-order valence-corrected chi connectivity index (χ1v) is 12.6. The van der Waals surface area contributed by atoms with Gasteiger partial charge in [-0.2, -0.15) is 0 Å². The number of carboxylic acid groups (broad SMARTS) is 1. The zero-order valence-corrected chi connectivity index (χ0v) is 21.0. The number of pyridine rings is 1. The number of carbonyl (C=O) groups is 4. The molecule has 1 unspecified atom stereocenters. The van der Waals surface area contributed by atoms with Crippen LogP contribution in [0, 0.1) is 0 Å². The van der Waals surface area contributed by atoms with E-state index in [4.69, 9.17) is 16.3 Å². The fourth-order valence-corrected chi connectivity index (χ4v) is 5.60. The molecule has 15 heteroatoms. The van der Waals surface area contributed by atoms with E-state index in [2.05, 4.69) is 15.5 Å². The van der Waals surface area contributed by atoms with Crippen LogP contribution in [0.3, 0.4) is 0 Å². The zero-order chi connectivity index (χ0) is 26.7. The second kappa shape index (κ2) is 10.8. The standard InChI is InChI=1S/C22H21N7O6S2/c1-35-27-14(13-10-37-22(24)25-13)18(31)26-15-19(32)29-16(21(33)34)12(9-36-20(15)29)3-2-6-28-7-4-11(5-8-28)17(23)30/h2-5,7-8,10,15,20H,6,9H2,1H3,(H5-,23,24,25,26,30,31,33,34)/p+1/b3-2+,27-14-/t15?,20-/m0/s1. The van der Waals surface area contributed by atoms with E-state index in [9.17, 15) is 24.3 Å². The van der Waals surface area contributed by atoms with Gasteiger partial charge in [-0.15, -0.1) is 23.1 Å². The van der Waals surface area contributed by atoms with E-state index in [1.807, 2.05) is 0 Å². The second-order valence-electron chi connectivity index (χ2n) is 7.78. The Labute approximate surface area is 218 Å². The minimum Gasteiger partial charge on any atom is -0.477 e. The molecule has 37 heavy (non-hydrogen) atoms. The number of aliphatic carboxylic acids is 1. The summed E-state index contributed by atoms with van der Waals surface area (Å²) in [6.45, 7) is 0.402. The lowest BCUT2D eigenvalue weighted by atomic mass is 10.0. The van der Waals surface area contributed by atoms with Gasteiger partial charge in [0.1, 0.15) is 29.9 Å². The molecule has 1 saturated heterocycles. The zero-order valence-electron chi connectivity index (χ0n) is 19.4. The van der Waals surface area contributed by atoms with Crippen molar-refractivity contribution in [3.8, 4) is 0 Å². The van der Waals surface area contributed by atoms with Gasteiger partial charge in [-0.05, 0) is 11.6 Å². The molecule has 0 spiro atoms. The molecular formula is C22H22N7O6S2+. The number of oxime groups is 1. The Morgan fingerprint density at radius 1 is 1.38 bits per heavy atom. The lowest BCUT2D eigenvalue weighted by Crippen LogP contribution is -2.71. The van der Waals surface area contributed by atoms with Crippen LogP contribution < -0.4 is 21.4 Å². The van der Waals surface area contributed by atoms with Crippen molar-refractivity contribution in [2.24, 2.45) is 10.9 Å². The van der Waals surface area contributed by atoms with Crippen molar-refractivity contribution in [1.82, 2.24) is 15.2 Å². The maximum Gasteiger partial charge on any atom is 0.352 e. The Kier molecular flexibility index (Phi) is 7.54. The first kappa shape index (κ1) is 25.8. The number of β-lactam (4-membered cyclic amide) rings is 1. The summed E-state index contributed by atoms with van der Waals surface area (Å²) in [5.74, 6) is -2.72. The van der Waals surface area contributed by atoms with Gasteiger partial charge in [0.25, 0.3) is 11.8 Å².